The Balaban J connectivity index is 1.79. The van der Waals surface area contributed by atoms with Crippen molar-refractivity contribution in [3.05, 3.63) is 12.1 Å². The number of amides is 2. The van der Waals surface area contributed by atoms with E-state index in [1.165, 1.54) is 0 Å². The summed E-state index contributed by atoms with van der Waals surface area (Å²) in [5.74, 6) is 0.914. The summed E-state index contributed by atoms with van der Waals surface area (Å²) >= 11 is 0. The predicted molar refractivity (Wildman–Crippen MR) is 82.8 cm³/mol. The quantitative estimate of drug-likeness (QED) is 0.664. The molecule has 2 amide bonds. The fourth-order valence-corrected chi connectivity index (χ4v) is 2.04. The summed E-state index contributed by atoms with van der Waals surface area (Å²) in [4.78, 5) is 23.3. The summed E-state index contributed by atoms with van der Waals surface area (Å²) in [7, 11) is 0. The summed E-state index contributed by atoms with van der Waals surface area (Å²) < 4.78 is 10.4. The lowest BCUT2D eigenvalue weighted by Crippen LogP contribution is -2.24. The van der Waals surface area contributed by atoms with Gasteiger partial charge in [-0.05, 0) is 12.8 Å². The summed E-state index contributed by atoms with van der Waals surface area (Å²) in [6.45, 7) is 2.81. The number of carbonyl (C=O) groups excluding carboxylic acids is 2. The van der Waals surface area contributed by atoms with E-state index in [1.54, 1.807) is 12.1 Å². The maximum atomic E-state index is 11.9. The first-order valence-corrected chi connectivity index (χ1v) is 7.35. The zero-order valence-electron chi connectivity index (χ0n) is 12.6. The van der Waals surface area contributed by atoms with E-state index in [0.717, 1.165) is 6.42 Å². The molecule has 0 saturated heterocycles. The number of rotatable bonds is 7. The van der Waals surface area contributed by atoms with Crippen molar-refractivity contribution < 1.29 is 19.1 Å². The normalized spacial score (nSPS) is 12.0. The Labute approximate surface area is 129 Å². The van der Waals surface area contributed by atoms with Gasteiger partial charge in [0.2, 0.25) is 18.6 Å². The molecule has 2 rings (SSSR count). The van der Waals surface area contributed by atoms with Crippen molar-refractivity contribution in [3.8, 4) is 11.5 Å². The second-order valence-corrected chi connectivity index (χ2v) is 5.04. The molecule has 0 radical (unpaired) electrons. The number of nitrogens with one attached hydrogen (secondary N) is 2. The van der Waals surface area contributed by atoms with Gasteiger partial charge in [0, 0.05) is 31.5 Å². The predicted octanol–water partition coefficient (Wildman–Crippen LogP) is 1.63. The van der Waals surface area contributed by atoms with Gasteiger partial charge >= 0.3 is 0 Å². The molecule has 1 aromatic carbocycles. The van der Waals surface area contributed by atoms with Gasteiger partial charge in [-0.2, -0.15) is 0 Å². The third-order valence-corrected chi connectivity index (χ3v) is 3.20. The Kier molecular flexibility index (Phi) is 5.46. The van der Waals surface area contributed by atoms with E-state index < -0.39 is 0 Å². The first kappa shape index (κ1) is 15.9. The molecule has 1 aliphatic heterocycles. The van der Waals surface area contributed by atoms with Crippen LogP contribution >= 0.6 is 0 Å². The third kappa shape index (κ3) is 4.28. The largest absolute Gasteiger partial charge is 0.454 e. The van der Waals surface area contributed by atoms with Crippen LogP contribution in [0.2, 0.25) is 0 Å². The highest BCUT2D eigenvalue weighted by Crippen LogP contribution is 2.38. The summed E-state index contributed by atoms with van der Waals surface area (Å²) in [5, 5.41) is 5.50. The van der Waals surface area contributed by atoms with Crippen molar-refractivity contribution in [1.29, 1.82) is 0 Å². The number of fused-ring (bicyclic) bond motifs is 1. The molecule has 7 heteroatoms. The van der Waals surface area contributed by atoms with E-state index in [4.69, 9.17) is 15.2 Å². The second-order valence-electron chi connectivity index (χ2n) is 5.04. The van der Waals surface area contributed by atoms with Gasteiger partial charge in [0.1, 0.15) is 0 Å². The van der Waals surface area contributed by atoms with Crippen LogP contribution in [0, 0.1) is 0 Å². The van der Waals surface area contributed by atoms with Crippen molar-refractivity contribution in [2.24, 2.45) is 0 Å². The highest BCUT2D eigenvalue weighted by molar-refractivity contribution is 5.94. The van der Waals surface area contributed by atoms with E-state index >= 15 is 0 Å². The first-order chi connectivity index (χ1) is 10.6. The SMILES string of the molecule is CCCNC(=O)CCCC(=O)Nc1cc2c(cc1N)OCO2. The lowest BCUT2D eigenvalue weighted by molar-refractivity contribution is -0.121. The summed E-state index contributed by atoms with van der Waals surface area (Å²) in [6, 6.07) is 3.26. The van der Waals surface area contributed by atoms with E-state index in [9.17, 15) is 9.59 Å². The fraction of sp³-hybridized carbons (Fsp3) is 0.467. The van der Waals surface area contributed by atoms with Crippen molar-refractivity contribution in [3.63, 3.8) is 0 Å². The molecule has 0 bridgehead atoms. The van der Waals surface area contributed by atoms with E-state index in [-0.39, 0.29) is 25.0 Å². The van der Waals surface area contributed by atoms with E-state index in [0.29, 0.717) is 42.3 Å². The van der Waals surface area contributed by atoms with Gasteiger partial charge in [0.15, 0.2) is 11.5 Å². The Bertz CT molecular complexity index is 560. The van der Waals surface area contributed by atoms with Crippen LogP contribution in [0.1, 0.15) is 32.6 Å². The maximum absolute atomic E-state index is 11.9. The zero-order valence-corrected chi connectivity index (χ0v) is 12.6. The van der Waals surface area contributed by atoms with Gasteiger partial charge in [-0.15, -0.1) is 0 Å². The van der Waals surface area contributed by atoms with Crippen LogP contribution in [0.25, 0.3) is 0 Å². The first-order valence-electron chi connectivity index (χ1n) is 7.35. The molecule has 22 heavy (non-hydrogen) atoms. The van der Waals surface area contributed by atoms with E-state index in [2.05, 4.69) is 10.6 Å². The van der Waals surface area contributed by atoms with Crippen molar-refractivity contribution in [2.75, 3.05) is 24.4 Å². The average Bonchev–Trinajstić information content (AvgIpc) is 2.92. The minimum Gasteiger partial charge on any atom is -0.454 e. The topological polar surface area (TPSA) is 103 Å². The molecule has 0 aliphatic carbocycles. The molecule has 0 unspecified atom stereocenters. The van der Waals surface area contributed by atoms with Crippen LogP contribution in [-0.4, -0.2) is 25.2 Å². The molecule has 0 fully saturated rings. The van der Waals surface area contributed by atoms with Gasteiger partial charge in [0.25, 0.3) is 0 Å². The molecule has 0 saturated carbocycles. The van der Waals surface area contributed by atoms with Gasteiger partial charge in [-0.1, -0.05) is 6.92 Å². The average molecular weight is 307 g/mol. The number of nitrogen functional groups attached to an aromatic ring is 1. The molecule has 7 nitrogen and oxygen atoms in total. The van der Waals surface area contributed by atoms with Gasteiger partial charge in [0.05, 0.1) is 11.4 Å². The van der Waals surface area contributed by atoms with Crippen LogP contribution in [0.4, 0.5) is 11.4 Å². The third-order valence-electron chi connectivity index (χ3n) is 3.20. The summed E-state index contributed by atoms with van der Waals surface area (Å²) in [5.41, 5.74) is 6.76. The smallest absolute Gasteiger partial charge is 0.231 e. The maximum Gasteiger partial charge on any atom is 0.231 e. The molecule has 1 aromatic rings. The molecule has 0 atom stereocenters. The van der Waals surface area contributed by atoms with Crippen LogP contribution in [0.15, 0.2) is 12.1 Å². The van der Waals surface area contributed by atoms with Gasteiger partial charge < -0.3 is 25.8 Å². The summed E-state index contributed by atoms with van der Waals surface area (Å²) in [6.07, 6.45) is 1.99. The fourth-order valence-electron chi connectivity index (χ4n) is 2.04. The number of hydrogen-bond acceptors (Lipinski definition) is 5. The van der Waals surface area contributed by atoms with Crippen LogP contribution in [0.5, 0.6) is 11.5 Å². The molecule has 4 N–H and O–H groups in total. The Morgan fingerprint density at radius 1 is 1.18 bits per heavy atom. The van der Waals surface area contributed by atoms with E-state index in [1.807, 2.05) is 6.92 Å². The Morgan fingerprint density at radius 3 is 2.59 bits per heavy atom. The zero-order chi connectivity index (χ0) is 15.9. The number of anilines is 2. The molecule has 1 heterocycles. The lowest BCUT2D eigenvalue weighted by atomic mass is 10.2. The van der Waals surface area contributed by atoms with Crippen molar-refractivity contribution >= 4 is 23.2 Å². The number of nitrogens with two attached hydrogens (primary N) is 1. The number of ether oxygens (including phenoxy) is 2. The molecule has 120 valence electrons. The highest BCUT2D eigenvalue weighted by Gasteiger charge is 2.17. The lowest BCUT2D eigenvalue weighted by Gasteiger charge is -2.09. The molecular weight excluding hydrogens is 286 g/mol. The van der Waals surface area contributed by atoms with Crippen molar-refractivity contribution in [2.45, 2.75) is 32.6 Å². The highest BCUT2D eigenvalue weighted by atomic mass is 16.7. The van der Waals surface area contributed by atoms with Crippen LogP contribution in [0.3, 0.4) is 0 Å². The molecule has 0 aromatic heterocycles. The van der Waals surface area contributed by atoms with Crippen LogP contribution in [-0.2, 0) is 9.59 Å². The second kappa shape index (κ2) is 7.53. The van der Waals surface area contributed by atoms with Gasteiger partial charge in [-0.3, -0.25) is 9.59 Å². The Morgan fingerprint density at radius 2 is 1.86 bits per heavy atom. The molecular formula is C15H21N3O4. The van der Waals surface area contributed by atoms with Crippen molar-refractivity contribution in [1.82, 2.24) is 5.32 Å². The standard InChI is InChI=1S/C15H21N3O4/c1-2-6-17-14(19)4-3-5-15(20)18-11-8-13-12(7-10(11)16)21-9-22-13/h7-8H,2-6,9,16H2,1H3,(H,17,19)(H,18,20). The minimum absolute atomic E-state index is 0.0303. The van der Waals surface area contributed by atoms with Gasteiger partial charge in [-0.25, -0.2) is 0 Å². The molecule has 1 aliphatic rings. The monoisotopic (exact) mass is 307 g/mol. The van der Waals surface area contributed by atoms with Crippen LogP contribution < -0.4 is 25.8 Å². The molecule has 0 spiro atoms. The number of hydrogen-bond donors (Lipinski definition) is 3. The minimum atomic E-state index is -0.186. The Hall–Kier alpha value is -2.44. The number of carbonyl (C=O) groups is 2. The number of benzene rings is 1.